The number of hydrogen-bond acceptors (Lipinski definition) is 3. The van der Waals surface area contributed by atoms with Gasteiger partial charge in [0, 0.05) is 12.5 Å². The van der Waals surface area contributed by atoms with Crippen LogP contribution in [0.4, 0.5) is 18.9 Å². The van der Waals surface area contributed by atoms with Gasteiger partial charge in [-0.05, 0) is 30.9 Å². The molecular weight excluding hydrogens is 285 g/mol. The summed E-state index contributed by atoms with van der Waals surface area (Å²) in [6.07, 6.45) is -2.22. The minimum atomic E-state index is -4.43. The Morgan fingerprint density at radius 2 is 2.05 bits per heavy atom. The van der Waals surface area contributed by atoms with Gasteiger partial charge in [-0.2, -0.15) is 13.2 Å². The number of carbonyl (C=O) groups is 1. The van der Waals surface area contributed by atoms with Gasteiger partial charge >= 0.3 is 6.18 Å². The van der Waals surface area contributed by atoms with Gasteiger partial charge in [0.25, 0.3) is 0 Å². The van der Waals surface area contributed by atoms with E-state index in [-0.39, 0.29) is 29.8 Å². The standard InChI is InChI=1S/C14H17F3N2O2/c15-14(16,17)8-21-12-4-2-1-3-11(12)19-13(20)7-10(18)9-5-6-9/h1-4,9-10H,5-8,18H2,(H,19,20). The van der Waals surface area contributed by atoms with Crippen LogP contribution < -0.4 is 15.8 Å². The molecule has 1 aliphatic rings. The Hall–Kier alpha value is -1.76. The first-order chi connectivity index (χ1) is 9.85. The number of halogens is 3. The van der Waals surface area contributed by atoms with Gasteiger partial charge in [0.1, 0.15) is 5.75 Å². The fourth-order valence-electron chi connectivity index (χ4n) is 1.96. The summed E-state index contributed by atoms with van der Waals surface area (Å²) < 4.78 is 41.2. The number of ether oxygens (including phenoxy) is 1. The van der Waals surface area contributed by atoms with Crippen LogP contribution in [-0.2, 0) is 4.79 Å². The molecule has 0 radical (unpaired) electrons. The van der Waals surface area contributed by atoms with Crippen LogP contribution in [0.25, 0.3) is 0 Å². The number of carbonyl (C=O) groups excluding carboxylic acids is 1. The van der Waals surface area contributed by atoms with Crippen molar-refractivity contribution in [3.63, 3.8) is 0 Å². The third kappa shape index (κ3) is 5.26. The summed E-state index contributed by atoms with van der Waals surface area (Å²) in [4.78, 5) is 11.8. The predicted octanol–water partition coefficient (Wildman–Crippen LogP) is 2.69. The molecule has 0 aromatic heterocycles. The number of nitrogens with two attached hydrogens (primary N) is 1. The van der Waals surface area contributed by atoms with Crippen LogP contribution in [0.1, 0.15) is 19.3 Å². The van der Waals surface area contributed by atoms with E-state index in [1.54, 1.807) is 6.07 Å². The van der Waals surface area contributed by atoms with Gasteiger partial charge in [0.15, 0.2) is 6.61 Å². The lowest BCUT2D eigenvalue weighted by atomic mass is 10.1. The molecule has 1 aliphatic carbocycles. The van der Waals surface area contributed by atoms with Crippen molar-refractivity contribution >= 4 is 11.6 Å². The second kappa shape index (κ2) is 6.34. The first-order valence-corrected chi connectivity index (χ1v) is 6.69. The van der Waals surface area contributed by atoms with Crippen LogP contribution in [0.15, 0.2) is 24.3 Å². The van der Waals surface area contributed by atoms with E-state index in [4.69, 9.17) is 10.5 Å². The molecule has 1 amide bonds. The van der Waals surface area contributed by atoms with E-state index >= 15 is 0 Å². The number of hydrogen-bond donors (Lipinski definition) is 2. The number of para-hydroxylation sites is 2. The van der Waals surface area contributed by atoms with Gasteiger partial charge in [-0.3, -0.25) is 4.79 Å². The van der Waals surface area contributed by atoms with Crippen LogP contribution >= 0.6 is 0 Å². The largest absolute Gasteiger partial charge is 0.482 e. The zero-order valence-corrected chi connectivity index (χ0v) is 11.3. The number of anilines is 1. The topological polar surface area (TPSA) is 64.4 Å². The summed E-state index contributed by atoms with van der Waals surface area (Å²) in [7, 11) is 0. The maximum Gasteiger partial charge on any atom is 0.422 e. The first kappa shape index (κ1) is 15.6. The highest BCUT2D eigenvalue weighted by Gasteiger charge is 2.30. The molecule has 1 saturated carbocycles. The van der Waals surface area contributed by atoms with Gasteiger partial charge in [-0.25, -0.2) is 0 Å². The van der Waals surface area contributed by atoms with E-state index in [0.29, 0.717) is 5.92 Å². The second-order valence-corrected chi connectivity index (χ2v) is 5.15. The molecule has 3 N–H and O–H groups in total. The second-order valence-electron chi connectivity index (χ2n) is 5.15. The van der Waals surface area contributed by atoms with E-state index in [1.165, 1.54) is 18.2 Å². The Kier molecular flexibility index (Phi) is 4.72. The maximum atomic E-state index is 12.2. The van der Waals surface area contributed by atoms with Gasteiger partial charge in [0.05, 0.1) is 5.69 Å². The molecule has 4 nitrogen and oxygen atoms in total. The first-order valence-electron chi connectivity index (χ1n) is 6.69. The monoisotopic (exact) mass is 302 g/mol. The summed E-state index contributed by atoms with van der Waals surface area (Å²) in [5.41, 5.74) is 6.06. The lowest BCUT2D eigenvalue weighted by Gasteiger charge is -2.15. The van der Waals surface area contributed by atoms with Gasteiger partial charge in [-0.1, -0.05) is 12.1 Å². The fourth-order valence-corrected chi connectivity index (χ4v) is 1.96. The number of rotatable bonds is 6. The molecule has 0 spiro atoms. The van der Waals surface area contributed by atoms with Crippen molar-refractivity contribution in [3.8, 4) is 5.75 Å². The maximum absolute atomic E-state index is 12.2. The molecule has 0 heterocycles. The number of benzene rings is 1. The van der Waals surface area contributed by atoms with E-state index < -0.39 is 12.8 Å². The molecule has 1 aromatic rings. The lowest BCUT2D eigenvalue weighted by molar-refractivity contribution is -0.153. The number of nitrogens with one attached hydrogen (secondary N) is 1. The van der Waals surface area contributed by atoms with Crippen molar-refractivity contribution in [2.45, 2.75) is 31.5 Å². The van der Waals surface area contributed by atoms with Crippen LogP contribution in [0, 0.1) is 5.92 Å². The minimum Gasteiger partial charge on any atom is -0.482 e. The van der Waals surface area contributed by atoms with Crippen molar-refractivity contribution < 1.29 is 22.7 Å². The Morgan fingerprint density at radius 3 is 2.67 bits per heavy atom. The smallest absolute Gasteiger partial charge is 0.422 e. The highest BCUT2D eigenvalue weighted by molar-refractivity contribution is 5.92. The summed E-state index contributed by atoms with van der Waals surface area (Å²) in [5, 5.41) is 2.55. The zero-order valence-electron chi connectivity index (χ0n) is 11.3. The molecule has 0 aliphatic heterocycles. The normalized spacial score (nSPS) is 16.4. The SMILES string of the molecule is NC(CC(=O)Nc1ccccc1OCC(F)(F)F)C1CC1. The van der Waals surface area contributed by atoms with E-state index in [0.717, 1.165) is 12.8 Å². The van der Waals surface area contributed by atoms with Gasteiger partial charge in [-0.15, -0.1) is 0 Å². The van der Waals surface area contributed by atoms with Crippen LogP contribution in [0.3, 0.4) is 0 Å². The molecule has 1 atom stereocenters. The van der Waals surface area contributed by atoms with Crippen molar-refractivity contribution in [2.75, 3.05) is 11.9 Å². The van der Waals surface area contributed by atoms with E-state index in [2.05, 4.69) is 5.32 Å². The summed E-state index contributed by atoms with van der Waals surface area (Å²) >= 11 is 0. The number of amides is 1. The fraction of sp³-hybridized carbons (Fsp3) is 0.500. The highest BCUT2D eigenvalue weighted by atomic mass is 19.4. The third-order valence-electron chi connectivity index (χ3n) is 3.20. The average molecular weight is 302 g/mol. The van der Waals surface area contributed by atoms with Crippen LogP contribution in [0.2, 0.25) is 0 Å². The average Bonchev–Trinajstić information content (AvgIpc) is 3.20. The third-order valence-corrected chi connectivity index (χ3v) is 3.20. The quantitative estimate of drug-likeness (QED) is 0.849. The van der Waals surface area contributed by atoms with E-state index in [9.17, 15) is 18.0 Å². The minimum absolute atomic E-state index is 0.0110. The molecule has 7 heteroatoms. The molecule has 0 bridgehead atoms. The summed E-state index contributed by atoms with van der Waals surface area (Å²) in [6, 6.07) is 5.82. The van der Waals surface area contributed by atoms with Gasteiger partial charge < -0.3 is 15.8 Å². The Labute approximate surface area is 120 Å². The molecule has 1 aromatic carbocycles. The van der Waals surface area contributed by atoms with Crippen molar-refractivity contribution in [1.29, 1.82) is 0 Å². The Morgan fingerprint density at radius 1 is 1.38 bits per heavy atom. The summed E-state index contributed by atoms with van der Waals surface area (Å²) in [5.74, 6) is 0.0492. The highest BCUT2D eigenvalue weighted by Crippen LogP contribution is 2.33. The lowest BCUT2D eigenvalue weighted by Crippen LogP contribution is -2.29. The molecule has 116 valence electrons. The molecule has 1 unspecified atom stereocenters. The summed E-state index contributed by atoms with van der Waals surface area (Å²) in [6.45, 7) is -1.40. The van der Waals surface area contributed by atoms with Crippen LogP contribution in [-0.4, -0.2) is 24.7 Å². The van der Waals surface area contributed by atoms with Crippen molar-refractivity contribution in [1.82, 2.24) is 0 Å². The molecule has 2 rings (SSSR count). The Bertz CT molecular complexity index is 501. The Balaban J connectivity index is 1.93. The zero-order chi connectivity index (χ0) is 15.5. The molecule has 21 heavy (non-hydrogen) atoms. The van der Waals surface area contributed by atoms with Gasteiger partial charge in [0.2, 0.25) is 5.91 Å². The van der Waals surface area contributed by atoms with Crippen molar-refractivity contribution in [2.24, 2.45) is 11.7 Å². The van der Waals surface area contributed by atoms with Crippen molar-refractivity contribution in [3.05, 3.63) is 24.3 Å². The predicted molar refractivity (Wildman–Crippen MR) is 71.9 cm³/mol. The number of alkyl halides is 3. The molecule has 0 saturated heterocycles. The van der Waals surface area contributed by atoms with E-state index in [1.807, 2.05) is 0 Å². The van der Waals surface area contributed by atoms with Crippen LogP contribution in [0.5, 0.6) is 5.75 Å². The molecule has 1 fully saturated rings. The molecular formula is C14H17F3N2O2.